The molecule has 1 fully saturated rings. The molecule has 0 aliphatic heterocycles. The Kier molecular flexibility index (Phi) is 5.73. The Hall–Kier alpha value is -0.740. The molecule has 0 aromatic heterocycles. The monoisotopic (exact) mass is 341 g/mol. The highest BCUT2D eigenvalue weighted by atomic mass is 79.9. The van der Waals surface area contributed by atoms with Gasteiger partial charge >= 0.3 is 0 Å². The minimum Gasteiger partial charge on any atom is -0.493 e. The topological polar surface area (TPSA) is 30.5 Å². The minimum absolute atomic E-state index is 0.312. The molecule has 1 saturated carbocycles. The second kappa shape index (κ2) is 7.32. The summed E-state index contributed by atoms with van der Waals surface area (Å²) in [5, 5.41) is 3.15. The van der Waals surface area contributed by atoms with E-state index in [1.807, 2.05) is 13.1 Å². The first-order chi connectivity index (χ1) is 9.63. The van der Waals surface area contributed by atoms with Gasteiger partial charge in [0.05, 0.1) is 17.7 Å². The summed E-state index contributed by atoms with van der Waals surface area (Å²) in [6.45, 7) is 3.13. The quantitative estimate of drug-likeness (QED) is 0.873. The van der Waals surface area contributed by atoms with Crippen LogP contribution in [0.15, 0.2) is 16.6 Å². The van der Waals surface area contributed by atoms with Crippen molar-refractivity contribution in [1.82, 2.24) is 5.32 Å². The lowest BCUT2D eigenvalue weighted by Gasteiger charge is -2.28. The Morgan fingerprint density at radius 1 is 1.25 bits per heavy atom. The largest absolute Gasteiger partial charge is 0.493 e. The van der Waals surface area contributed by atoms with Crippen LogP contribution in [-0.4, -0.2) is 20.3 Å². The van der Waals surface area contributed by atoms with Crippen molar-refractivity contribution in [3.05, 3.63) is 22.2 Å². The van der Waals surface area contributed by atoms with Gasteiger partial charge in [-0.05, 0) is 72.3 Å². The van der Waals surface area contributed by atoms with Gasteiger partial charge in [-0.25, -0.2) is 0 Å². The van der Waals surface area contributed by atoms with Crippen molar-refractivity contribution in [2.75, 3.05) is 14.2 Å². The predicted molar refractivity (Wildman–Crippen MR) is 85.5 cm³/mol. The molecule has 20 heavy (non-hydrogen) atoms. The van der Waals surface area contributed by atoms with Crippen LogP contribution < -0.4 is 14.8 Å². The van der Waals surface area contributed by atoms with Crippen molar-refractivity contribution in [2.24, 2.45) is 5.92 Å². The third-order valence-corrected chi connectivity index (χ3v) is 4.51. The summed E-state index contributed by atoms with van der Waals surface area (Å²) in [4.78, 5) is 0. The van der Waals surface area contributed by atoms with Crippen LogP contribution in [0.4, 0.5) is 0 Å². The summed E-state index contributed by atoms with van der Waals surface area (Å²) in [6, 6.07) is 4.14. The van der Waals surface area contributed by atoms with Crippen LogP contribution in [0.3, 0.4) is 0 Å². The zero-order chi connectivity index (χ0) is 14.5. The van der Waals surface area contributed by atoms with Gasteiger partial charge in [-0.3, -0.25) is 0 Å². The van der Waals surface area contributed by atoms with E-state index in [-0.39, 0.29) is 0 Å². The SMILES string of the molecule is CNCc1cc(Br)c(OC2CCC(C)CC2)c(OC)c1. The minimum atomic E-state index is 0.312. The first-order valence-corrected chi connectivity index (χ1v) is 8.11. The lowest BCUT2D eigenvalue weighted by molar-refractivity contribution is 0.130. The van der Waals surface area contributed by atoms with Crippen molar-refractivity contribution in [2.45, 2.75) is 45.3 Å². The second-order valence-corrected chi connectivity index (χ2v) is 6.49. The Balaban J connectivity index is 2.14. The van der Waals surface area contributed by atoms with Gasteiger partial charge in [0, 0.05) is 6.54 Å². The highest BCUT2D eigenvalue weighted by Crippen LogP contribution is 2.39. The first-order valence-electron chi connectivity index (χ1n) is 7.31. The van der Waals surface area contributed by atoms with Gasteiger partial charge in [0.2, 0.25) is 0 Å². The Labute approximate surface area is 130 Å². The molecule has 4 heteroatoms. The summed E-state index contributed by atoms with van der Waals surface area (Å²) in [7, 11) is 3.63. The van der Waals surface area contributed by atoms with Gasteiger partial charge in [-0.15, -0.1) is 0 Å². The highest BCUT2D eigenvalue weighted by Gasteiger charge is 2.22. The predicted octanol–water partition coefficient (Wildman–Crippen LogP) is 4.13. The lowest BCUT2D eigenvalue weighted by atomic mass is 9.89. The molecule has 0 unspecified atom stereocenters. The average Bonchev–Trinajstić information content (AvgIpc) is 2.44. The Morgan fingerprint density at radius 3 is 2.55 bits per heavy atom. The molecular weight excluding hydrogens is 318 g/mol. The highest BCUT2D eigenvalue weighted by molar-refractivity contribution is 9.10. The second-order valence-electron chi connectivity index (χ2n) is 5.64. The zero-order valence-corrected chi connectivity index (χ0v) is 14.1. The number of nitrogens with one attached hydrogen (secondary N) is 1. The fourth-order valence-electron chi connectivity index (χ4n) is 2.71. The average molecular weight is 342 g/mol. The maximum Gasteiger partial charge on any atom is 0.175 e. The fourth-order valence-corrected chi connectivity index (χ4v) is 3.29. The van der Waals surface area contributed by atoms with E-state index in [0.717, 1.165) is 41.3 Å². The number of halogens is 1. The van der Waals surface area contributed by atoms with E-state index in [2.05, 4.69) is 34.2 Å². The van der Waals surface area contributed by atoms with E-state index in [1.165, 1.54) is 18.4 Å². The van der Waals surface area contributed by atoms with Crippen molar-refractivity contribution in [3.63, 3.8) is 0 Å². The molecule has 1 aliphatic rings. The van der Waals surface area contributed by atoms with E-state index < -0.39 is 0 Å². The van der Waals surface area contributed by atoms with Gasteiger partial charge in [-0.1, -0.05) is 6.92 Å². The summed E-state index contributed by atoms with van der Waals surface area (Å²) in [6.07, 6.45) is 5.08. The van der Waals surface area contributed by atoms with Crippen molar-refractivity contribution < 1.29 is 9.47 Å². The smallest absolute Gasteiger partial charge is 0.175 e. The molecule has 1 N–H and O–H groups in total. The van der Waals surface area contributed by atoms with Crippen LogP contribution in [0.5, 0.6) is 11.5 Å². The number of rotatable bonds is 5. The van der Waals surface area contributed by atoms with Crippen LogP contribution in [0.25, 0.3) is 0 Å². The molecule has 0 heterocycles. The third kappa shape index (κ3) is 3.89. The molecule has 1 aliphatic carbocycles. The molecule has 112 valence electrons. The Bertz CT molecular complexity index is 442. The molecule has 0 bridgehead atoms. The van der Waals surface area contributed by atoms with Gasteiger partial charge in [-0.2, -0.15) is 0 Å². The van der Waals surface area contributed by atoms with Gasteiger partial charge in [0.15, 0.2) is 11.5 Å². The number of ether oxygens (including phenoxy) is 2. The molecule has 0 saturated heterocycles. The van der Waals surface area contributed by atoms with Crippen LogP contribution in [-0.2, 0) is 6.54 Å². The lowest BCUT2D eigenvalue weighted by Crippen LogP contribution is -2.23. The number of hydrogen-bond donors (Lipinski definition) is 1. The van der Waals surface area contributed by atoms with Crippen molar-refractivity contribution in [3.8, 4) is 11.5 Å². The molecule has 3 nitrogen and oxygen atoms in total. The molecule has 1 aromatic rings. The van der Waals surface area contributed by atoms with Crippen LogP contribution in [0, 0.1) is 5.92 Å². The van der Waals surface area contributed by atoms with Crippen LogP contribution in [0.2, 0.25) is 0 Å². The molecule has 0 atom stereocenters. The fraction of sp³-hybridized carbons (Fsp3) is 0.625. The van der Waals surface area contributed by atoms with Crippen LogP contribution >= 0.6 is 15.9 Å². The van der Waals surface area contributed by atoms with Gasteiger partial charge < -0.3 is 14.8 Å². The zero-order valence-electron chi connectivity index (χ0n) is 12.5. The first kappa shape index (κ1) is 15.6. The van der Waals surface area contributed by atoms with E-state index >= 15 is 0 Å². The van der Waals surface area contributed by atoms with Gasteiger partial charge in [0.25, 0.3) is 0 Å². The summed E-state index contributed by atoms with van der Waals surface area (Å²) >= 11 is 3.61. The molecule has 2 rings (SSSR count). The summed E-state index contributed by atoms with van der Waals surface area (Å²) in [5.74, 6) is 2.48. The standard InChI is InChI=1S/C16H24BrNO2/c1-11-4-6-13(7-5-11)20-16-14(17)8-12(10-18-2)9-15(16)19-3/h8-9,11,13,18H,4-7,10H2,1-3H3. The normalized spacial score (nSPS) is 22.6. The number of benzene rings is 1. The van der Waals surface area contributed by atoms with Gasteiger partial charge in [0.1, 0.15) is 0 Å². The summed E-state index contributed by atoms with van der Waals surface area (Å²) < 4.78 is 12.7. The number of hydrogen-bond acceptors (Lipinski definition) is 3. The molecule has 0 amide bonds. The van der Waals surface area contributed by atoms with E-state index in [4.69, 9.17) is 9.47 Å². The van der Waals surface area contributed by atoms with E-state index in [1.54, 1.807) is 7.11 Å². The maximum absolute atomic E-state index is 6.20. The molecule has 0 spiro atoms. The maximum atomic E-state index is 6.20. The van der Waals surface area contributed by atoms with E-state index in [9.17, 15) is 0 Å². The molecular formula is C16H24BrNO2. The molecule has 0 radical (unpaired) electrons. The van der Waals surface area contributed by atoms with Crippen LogP contribution in [0.1, 0.15) is 38.2 Å². The third-order valence-electron chi connectivity index (χ3n) is 3.92. The Morgan fingerprint density at radius 2 is 1.95 bits per heavy atom. The molecule has 1 aromatic carbocycles. The van der Waals surface area contributed by atoms with E-state index in [0.29, 0.717) is 6.10 Å². The summed E-state index contributed by atoms with van der Waals surface area (Å²) in [5.41, 5.74) is 1.18. The van der Waals surface area contributed by atoms with Crippen molar-refractivity contribution in [1.29, 1.82) is 0 Å². The number of methoxy groups -OCH3 is 1. The van der Waals surface area contributed by atoms with Crippen molar-refractivity contribution >= 4 is 15.9 Å².